The number of aliphatic hydroxyl groups is 1. The largest absolute Gasteiger partial charge is 0.389 e. The normalized spacial score (nSPS) is 12.1. The summed E-state index contributed by atoms with van der Waals surface area (Å²) in [5.41, 5.74) is 0.834. The van der Waals surface area contributed by atoms with Crippen molar-refractivity contribution in [2.24, 2.45) is 0 Å². The van der Waals surface area contributed by atoms with E-state index in [2.05, 4.69) is 10.4 Å². The Morgan fingerprint density at radius 2 is 2.19 bits per heavy atom. The minimum Gasteiger partial charge on any atom is -0.389 e. The first-order valence-corrected chi connectivity index (χ1v) is 7.54. The number of hydrogen-bond acceptors (Lipinski definition) is 6. The van der Waals surface area contributed by atoms with Crippen LogP contribution in [0.3, 0.4) is 0 Å². The third kappa shape index (κ3) is 4.47. The lowest BCUT2D eigenvalue weighted by atomic mass is 10.3. The predicted octanol–water partition coefficient (Wildman–Crippen LogP) is 1.99. The van der Waals surface area contributed by atoms with Crippen LogP contribution in [0.1, 0.15) is 0 Å². The maximum atomic E-state index is 10.5. The van der Waals surface area contributed by atoms with Crippen molar-refractivity contribution in [1.82, 2.24) is 9.78 Å². The molecule has 0 amide bonds. The zero-order chi connectivity index (χ0) is 15.2. The monoisotopic (exact) mass is 308 g/mol. The van der Waals surface area contributed by atoms with Gasteiger partial charge in [-0.1, -0.05) is 0 Å². The number of aliphatic hydroxyl groups excluding tert-OH is 1. The molecule has 21 heavy (non-hydrogen) atoms. The van der Waals surface area contributed by atoms with E-state index in [-0.39, 0.29) is 12.2 Å². The molecule has 0 aliphatic heterocycles. The summed E-state index contributed by atoms with van der Waals surface area (Å²) in [6.07, 6.45) is 3.79. The number of nitro groups is 1. The van der Waals surface area contributed by atoms with Gasteiger partial charge in [0.05, 0.1) is 17.6 Å². The molecule has 0 bridgehead atoms. The number of aromatic nitrogens is 2. The average molecular weight is 308 g/mol. The van der Waals surface area contributed by atoms with Gasteiger partial charge in [-0.3, -0.25) is 14.8 Å². The standard InChI is InChI=1S/C13H16N4O3S/c1-21-13-4-2-10(3-5-13)14-7-12(18)9-16-8-11(6-15-16)17(19)20/h2-6,8,12,14,18H,7,9H2,1H3. The number of thioether (sulfide) groups is 1. The van der Waals surface area contributed by atoms with E-state index in [1.807, 2.05) is 30.5 Å². The lowest BCUT2D eigenvalue weighted by Gasteiger charge is -2.13. The molecule has 0 aliphatic carbocycles. The second-order valence-electron chi connectivity index (χ2n) is 4.44. The summed E-state index contributed by atoms with van der Waals surface area (Å²) in [5, 5.41) is 27.4. The van der Waals surface area contributed by atoms with Gasteiger partial charge in [0.2, 0.25) is 0 Å². The van der Waals surface area contributed by atoms with Crippen molar-refractivity contribution in [3.8, 4) is 0 Å². The van der Waals surface area contributed by atoms with Gasteiger partial charge < -0.3 is 10.4 Å². The van der Waals surface area contributed by atoms with E-state index in [0.29, 0.717) is 6.54 Å². The minimum atomic E-state index is -0.690. The van der Waals surface area contributed by atoms with Crippen LogP contribution in [0.5, 0.6) is 0 Å². The van der Waals surface area contributed by atoms with E-state index in [1.165, 1.54) is 22.0 Å². The predicted molar refractivity (Wildman–Crippen MR) is 81.6 cm³/mol. The summed E-state index contributed by atoms with van der Waals surface area (Å²) in [6, 6.07) is 7.88. The van der Waals surface area contributed by atoms with Gasteiger partial charge in [-0.15, -0.1) is 11.8 Å². The molecule has 112 valence electrons. The topological polar surface area (TPSA) is 93.2 Å². The summed E-state index contributed by atoms with van der Waals surface area (Å²) in [5.74, 6) is 0. The lowest BCUT2D eigenvalue weighted by molar-refractivity contribution is -0.385. The first-order chi connectivity index (χ1) is 10.1. The van der Waals surface area contributed by atoms with Crippen molar-refractivity contribution in [2.45, 2.75) is 17.5 Å². The summed E-state index contributed by atoms with van der Waals surface area (Å²) in [7, 11) is 0. The molecule has 0 spiro atoms. The molecule has 7 nitrogen and oxygen atoms in total. The van der Waals surface area contributed by atoms with Gasteiger partial charge >= 0.3 is 5.69 Å². The number of benzene rings is 1. The van der Waals surface area contributed by atoms with E-state index >= 15 is 0 Å². The van der Waals surface area contributed by atoms with Crippen molar-refractivity contribution >= 4 is 23.1 Å². The van der Waals surface area contributed by atoms with Crippen molar-refractivity contribution < 1.29 is 10.0 Å². The molecule has 1 heterocycles. The smallest absolute Gasteiger partial charge is 0.306 e. The number of nitrogens with zero attached hydrogens (tertiary/aromatic N) is 3. The zero-order valence-corrected chi connectivity index (χ0v) is 12.3. The Hall–Kier alpha value is -2.06. The van der Waals surface area contributed by atoms with Crippen LogP contribution in [-0.4, -0.2) is 38.7 Å². The minimum absolute atomic E-state index is 0.0807. The highest BCUT2D eigenvalue weighted by Crippen LogP contribution is 2.17. The second kappa shape index (κ2) is 7.09. The summed E-state index contributed by atoms with van der Waals surface area (Å²) < 4.78 is 1.36. The van der Waals surface area contributed by atoms with E-state index in [4.69, 9.17) is 0 Å². The molecular weight excluding hydrogens is 292 g/mol. The molecule has 2 rings (SSSR count). The van der Waals surface area contributed by atoms with Crippen LogP contribution in [0.4, 0.5) is 11.4 Å². The molecule has 0 radical (unpaired) electrons. The van der Waals surface area contributed by atoms with Gasteiger partial charge in [0.25, 0.3) is 0 Å². The first-order valence-electron chi connectivity index (χ1n) is 6.31. The van der Waals surface area contributed by atoms with Gasteiger partial charge in [-0.25, -0.2) is 0 Å². The zero-order valence-electron chi connectivity index (χ0n) is 11.5. The molecule has 1 atom stereocenters. The van der Waals surface area contributed by atoms with Gasteiger partial charge in [-0.2, -0.15) is 5.10 Å². The third-order valence-electron chi connectivity index (χ3n) is 2.86. The van der Waals surface area contributed by atoms with Crippen molar-refractivity contribution in [3.05, 3.63) is 46.8 Å². The molecule has 1 aromatic heterocycles. The molecule has 8 heteroatoms. The molecular formula is C13H16N4O3S. The number of anilines is 1. The molecule has 1 unspecified atom stereocenters. The fourth-order valence-electron chi connectivity index (χ4n) is 1.77. The molecule has 1 aromatic carbocycles. The Balaban J connectivity index is 1.83. The van der Waals surface area contributed by atoms with Crippen LogP contribution >= 0.6 is 11.8 Å². The average Bonchev–Trinajstić information content (AvgIpc) is 2.94. The quantitative estimate of drug-likeness (QED) is 0.461. The molecule has 2 N–H and O–H groups in total. The SMILES string of the molecule is CSc1ccc(NCC(O)Cn2cc([N+](=O)[O-])cn2)cc1. The lowest BCUT2D eigenvalue weighted by Crippen LogP contribution is -2.25. The van der Waals surface area contributed by atoms with Gasteiger partial charge in [-0.05, 0) is 30.5 Å². The van der Waals surface area contributed by atoms with Crippen LogP contribution < -0.4 is 5.32 Å². The highest BCUT2D eigenvalue weighted by Gasteiger charge is 2.11. The van der Waals surface area contributed by atoms with Crippen LogP contribution in [0.25, 0.3) is 0 Å². The summed E-state index contributed by atoms with van der Waals surface area (Å²) >= 11 is 1.66. The Bertz CT molecular complexity index is 600. The first kappa shape index (κ1) is 15.3. The summed E-state index contributed by atoms with van der Waals surface area (Å²) in [4.78, 5) is 11.2. The molecule has 0 saturated heterocycles. The second-order valence-corrected chi connectivity index (χ2v) is 5.32. The Labute approximate surface area is 126 Å². The van der Waals surface area contributed by atoms with Crippen molar-refractivity contribution in [3.63, 3.8) is 0 Å². The number of hydrogen-bond donors (Lipinski definition) is 2. The van der Waals surface area contributed by atoms with E-state index < -0.39 is 11.0 Å². The Kier molecular flexibility index (Phi) is 5.18. The van der Waals surface area contributed by atoms with Crippen LogP contribution in [-0.2, 0) is 6.54 Å². The van der Waals surface area contributed by atoms with E-state index in [1.54, 1.807) is 11.8 Å². The number of rotatable bonds is 7. The van der Waals surface area contributed by atoms with E-state index in [0.717, 1.165) is 5.69 Å². The van der Waals surface area contributed by atoms with Gasteiger partial charge in [0, 0.05) is 17.1 Å². The fourth-order valence-corrected chi connectivity index (χ4v) is 2.18. The Morgan fingerprint density at radius 3 is 2.76 bits per heavy atom. The van der Waals surface area contributed by atoms with Gasteiger partial charge in [0.1, 0.15) is 12.4 Å². The van der Waals surface area contributed by atoms with Crippen LogP contribution in [0.2, 0.25) is 0 Å². The van der Waals surface area contributed by atoms with Crippen molar-refractivity contribution in [2.75, 3.05) is 18.1 Å². The van der Waals surface area contributed by atoms with Crippen LogP contribution in [0.15, 0.2) is 41.6 Å². The third-order valence-corrected chi connectivity index (χ3v) is 3.60. The fraction of sp³-hybridized carbons (Fsp3) is 0.308. The molecule has 2 aromatic rings. The molecule has 0 aliphatic rings. The molecule has 0 saturated carbocycles. The van der Waals surface area contributed by atoms with Crippen molar-refractivity contribution in [1.29, 1.82) is 0 Å². The van der Waals surface area contributed by atoms with Crippen LogP contribution in [0, 0.1) is 10.1 Å². The van der Waals surface area contributed by atoms with E-state index in [9.17, 15) is 15.2 Å². The highest BCUT2D eigenvalue weighted by atomic mass is 32.2. The maximum Gasteiger partial charge on any atom is 0.306 e. The maximum absolute atomic E-state index is 10.5. The van der Waals surface area contributed by atoms with Gasteiger partial charge in [0.15, 0.2) is 0 Å². The molecule has 0 fully saturated rings. The number of nitrogens with one attached hydrogen (secondary N) is 1. The summed E-state index contributed by atoms with van der Waals surface area (Å²) in [6.45, 7) is 0.538. The highest BCUT2D eigenvalue weighted by molar-refractivity contribution is 7.98. The Morgan fingerprint density at radius 1 is 1.48 bits per heavy atom.